The third kappa shape index (κ3) is 5.89. The summed E-state index contributed by atoms with van der Waals surface area (Å²) in [6, 6.07) is 9.33. The Morgan fingerprint density at radius 3 is 2.48 bits per heavy atom. The van der Waals surface area contributed by atoms with Crippen LogP contribution in [0.5, 0.6) is 0 Å². The average molecular weight is 568 g/mol. The van der Waals surface area contributed by atoms with Gasteiger partial charge in [-0.15, -0.1) is 24.9 Å². The molecule has 3 saturated heterocycles. The van der Waals surface area contributed by atoms with Crippen molar-refractivity contribution in [2.24, 2.45) is 11.8 Å². The molecule has 4 rings (SSSR count). The van der Waals surface area contributed by atoms with Crippen LogP contribution in [-0.4, -0.2) is 86.4 Å². The van der Waals surface area contributed by atoms with E-state index in [-0.39, 0.29) is 29.6 Å². The van der Waals surface area contributed by atoms with Crippen molar-refractivity contribution in [3.8, 4) is 0 Å². The van der Waals surface area contributed by atoms with Crippen LogP contribution in [0.4, 0.5) is 0 Å². The first-order valence-electron chi connectivity index (χ1n) is 14.9. The molecule has 218 valence electrons. The summed E-state index contributed by atoms with van der Waals surface area (Å²) in [6.07, 6.45) is 9.13. The Morgan fingerprint density at radius 2 is 1.80 bits per heavy atom. The summed E-state index contributed by atoms with van der Waals surface area (Å²) in [6.45, 7) is 12.4. The number of hydrogen-bond donors (Lipinski definition) is 1. The summed E-state index contributed by atoms with van der Waals surface area (Å²) in [5.74, 6) is -1.03. The van der Waals surface area contributed by atoms with E-state index in [1.165, 1.54) is 0 Å². The van der Waals surface area contributed by atoms with Gasteiger partial charge < -0.3 is 19.8 Å². The number of nitrogens with zero attached hydrogens (tertiary/aromatic N) is 3. The van der Waals surface area contributed by atoms with E-state index in [0.717, 1.165) is 44.1 Å². The molecule has 0 aliphatic carbocycles. The Labute approximate surface area is 243 Å². The zero-order chi connectivity index (χ0) is 28.7. The van der Waals surface area contributed by atoms with E-state index < -0.39 is 22.6 Å². The van der Waals surface area contributed by atoms with Gasteiger partial charge in [-0.05, 0) is 44.1 Å². The highest BCUT2D eigenvalue weighted by atomic mass is 32.2. The van der Waals surface area contributed by atoms with Crippen LogP contribution in [0.25, 0.3) is 0 Å². The Balaban J connectivity index is 1.66. The third-order valence-electron chi connectivity index (χ3n) is 8.70. The number of benzene rings is 1. The van der Waals surface area contributed by atoms with E-state index in [1.54, 1.807) is 28.8 Å². The Bertz CT molecular complexity index is 1070. The summed E-state index contributed by atoms with van der Waals surface area (Å²) >= 11 is 1.73. The second-order valence-electron chi connectivity index (χ2n) is 11.3. The van der Waals surface area contributed by atoms with E-state index in [0.29, 0.717) is 39.1 Å². The van der Waals surface area contributed by atoms with Gasteiger partial charge >= 0.3 is 0 Å². The maximum Gasteiger partial charge on any atom is 0.247 e. The highest BCUT2D eigenvalue weighted by Crippen LogP contribution is 2.66. The van der Waals surface area contributed by atoms with Crippen LogP contribution in [0.15, 0.2) is 55.6 Å². The number of thioether (sulfide) groups is 1. The maximum atomic E-state index is 14.3. The molecular weight excluding hydrogens is 522 g/mol. The summed E-state index contributed by atoms with van der Waals surface area (Å²) in [4.78, 5) is 48.3. The van der Waals surface area contributed by atoms with Gasteiger partial charge in [0.2, 0.25) is 17.7 Å². The lowest BCUT2D eigenvalue weighted by Gasteiger charge is -2.37. The lowest BCUT2D eigenvalue weighted by molar-refractivity contribution is -0.145. The number of rotatable bonds is 16. The fourth-order valence-corrected chi connectivity index (χ4v) is 9.10. The summed E-state index contributed by atoms with van der Waals surface area (Å²) in [7, 11) is 0. The SMILES string of the molecule is C=CCN(CCCC)C(=O)C1N(CCCCCO)C(=O)[C@@H]2[C@H](C(=O)N(CC=C)Cc3ccccc3)[C@@H]3CCC12S3. The van der Waals surface area contributed by atoms with Crippen molar-refractivity contribution in [3.63, 3.8) is 0 Å². The molecule has 1 spiro atoms. The molecular formula is C32H45N3O4S. The zero-order valence-electron chi connectivity index (χ0n) is 23.9. The van der Waals surface area contributed by atoms with Crippen molar-refractivity contribution in [1.82, 2.24) is 14.7 Å². The van der Waals surface area contributed by atoms with Crippen molar-refractivity contribution in [3.05, 3.63) is 61.2 Å². The number of aliphatic hydroxyl groups is 1. The number of hydrogen-bond acceptors (Lipinski definition) is 5. The molecule has 3 heterocycles. The highest BCUT2D eigenvalue weighted by molar-refractivity contribution is 8.02. The van der Waals surface area contributed by atoms with Gasteiger partial charge in [0.15, 0.2) is 0 Å². The van der Waals surface area contributed by atoms with Gasteiger partial charge in [-0.3, -0.25) is 14.4 Å². The first kappa shape index (κ1) is 30.4. The first-order valence-corrected chi connectivity index (χ1v) is 15.7. The minimum absolute atomic E-state index is 0.0107. The first-order chi connectivity index (χ1) is 19.4. The molecule has 1 aromatic carbocycles. The molecule has 1 N–H and O–H groups in total. The monoisotopic (exact) mass is 567 g/mol. The molecule has 0 saturated carbocycles. The van der Waals surface area contributed by atoms with Gasteiger partial charge in [0.1, 0.15) is 6.04 Å². The normalized spacial score (nSPS) is 26.6. The van der Waals surface area contributed by atoms with E-state index in [9.17, 15) is 19.5 Å². The molecule has 40 heavy (non-hydrogen) atoms. The minimum atomic E-state index is -0.589. The van der Waals surface area contributed by atoms with Gasteiger partial charge in [0.25, 0.3) is 0 Å². The van der Waals surface area contributed by atoms with Crippen molar-refractivity contribution >= 4 is 29.5 Å². The Hall–Kier alpha value is -2.58. The predicted octanol–water partition coefficient (Wildman–Crippen LogP) is 4.27. The molecule has 3 fully saturated rings. The molecule has 3 amide bonds. The second kappa shape index (κ2) is 13.9. The van der Waals surface area contributed by atoms with E-state index in [1.807, 2.05) is 40.1 Å². The summed E-state index contributed by atoms with van der Waals surface area (Å²) in [5.41, 5.74) is 1.04. The highest BCUT2D eigenvalue weighted by Gasteiger charge is 2.73. The Morgan fingerprint density at radius 1 is 1.07 bits per heavy atom. The number of fused-ring (bicyclic) bond motifs is 1. The van der Waals surface area contributed by atoms with E-state index in [2.05, 4.69) is 20.1 Å². The van der Waals surface area contributed by atoms with Crippen molar-refractivity contribution < 1.29 is 19.5 Å². The third-order valence-corrected chi connectivity index (χ3v) is 10.6. The van der Waals surface area contributed by atoms with Crippen LogP contribution in [-0.2, 0) is 20.9 Å². The summed E-state index contributed by atoms with van der Waals surface area (Å²) < 4.78 is -0.589. The van der Waals surface area contributed by atoms with E-state index >= 15 is 0 Å². The van der Waals surface area contributed by atoms with Crippen LogP contribution in [0.3, 0.4) is 0 Å². The zero-order valence-corrected chi connectivity index (χ0v) is 24.7. The van der Waals surface area contributed by atoms with Crippen LogP contribution >= 0.6 is 11.8 Å². The van der Waals surface area contributed by atoms with Crippen LogP contribution in [0, 0.1) is 11.8 Å². The fraction of sp³-hybridized carbons (Fsp3) is 0.594. The van der Waals surface area contributed by atoms with Gasteiger partial charge in [0.05, 0.1) is 16.6 Å². The van der Waals surface area contributed by atoms with Gasteiger partial charge in [0, 0.05) is 44.6 Å². The molecule has 5 atom stereocenters. The Kier molecular flexibility index (Phi) is 10.5. The molecule has 2 unspecified atom stereocenters. The number of unbranched alkanes of at least 4 members (excludes halogenated alkanes) is 3. The maximum absolute atomic E-state index is 14.3. The molecule has 1 aromatic rings. The van der Waals surface area contributed by atoms with E-state index in [4.69, 9.17) is 0 Å². The van der Waals surface area contributed by atoms with Gasteiger partial charge in [-0.2, -0.15) is 0 Å². The lowest BCUT2D eigenvalue weighted by Crippen LogP contribution is -2.55. The average Bonchev–Trinajstić information content (AvgIpc) is 3.60. The molecule has 3 aliphatic rings. The molecule has 7 nitrogen and oxygen atoms in total. The molecule has 3 aliphatic heterocycles. The molecule has 2 bridgehead atoms. The smallest absolute Gasteiger partial charge is 0.247 e. The standard InChI is InChI=1S/C32H45N3O4S/c1-4-7-20-33(18-5-2)31(39)28-32-17-16-25(40-32)26(27(32)30(38)35(28)21-12-9-13-22-36)29(37)34(19-6-3)23-24-14-10-8-11-15-24/h5-6,8,10-11,14-15,25-28,36H,2-4,7,9,12-13,16-23H2,1H3/t25-,26+,27-,28?,32?/m0/s1. The minimum Gasteiger partial charge on any atom is -0.396 e. The fourth-order valence-electron chi connectivity index (χ4n) is 6.90. The summed E-state index contributed by atoms with van der Waals surface area (Å²) in [5, 5.41) is 9.30. The van der Waals surface area contributed by atoms with Gasteiger partial charge in [-0.25, -0.2) is 0 Å². The lowest BCUT2D eigenvalue weighted by atomic mass is 9.70. The van der Waals surface area contributed by atoms with Crippen molar-refractivity contribution in [2.45, 2.75) is 74.5 Å². The van der Waals surface area contributed by atoms with Crippen molar-refractivity contribution in [1.29, 1.82) is 0 Å². The largest absolute Gasteiger partial charge is 0.396 e. The molecule has 0 aromatic heterocycles. The molecule has 8 heteroatoms. The van der Waals surface area contributed by atoms with Crippen LogP contribution < -0.4 is 0 Å². The number of amides is 3. The second-order valence-corrected chi connectivity index (χ2v) is 12.9. The number of likely N-dealkylation sites (tertiary alicyclic amines) is 1. The van der Waals surface area contributed by atoms with Crippen molar-refractivity contribution in [2.75, 3.05) is 32.8 Å². The molecule has 0 radical (unpaired) electrons. The number of carbonyl (C=O) groups excluding carboxylic acids is 3. The van der Waals surface area contributed by atoms with Gasteiger partial charge in [-0.1, -0.05) is 55.8 Å². The number of aliphatic hydroxyl groups excluding tert-OH is 1. The quantitative estimate of drug-likeness (QED) is 0.238. The van der Waals surface area contributed by atoms with Crippen LogP contribution in [0.2, 0.25) is 0 Å². The predicted molar refractivity (Wildman–Crippen MR) is 161 cm³/mol. The van der Waals surface area contributed by atoms with Crippen LogP contribution in [0.1, 0.15) is 57.4 Å². The topological polar surface area (TPSA) is 81.2 Å². The number of carbonyl (C=O) groups is 3.